The van der Waals surface area contributed by atoms with Gasteiger partial charge in [0.1, 0.15) is 0 Å². The number of hydrogen-bond acceptors (Lipinski definition) is 0. The standard InChI is InChI=1S/C13H37Si7/c1-15(2)16(3,4)18(7,8)20(11,13-12-14)19(9,10)17(15,5)6/h12-13H2,1-11H3. The monoisotopic (exact) mass is 389 g/mol. The number of hydrogen-bond donors (Lipinski definition) is 0. The Morgan fingerprint density at radius 3 is 1.00 bits per heavy atom. The lowest BCUT2D eigenvalue weighted by molar-refractivity contribution is 1.39. The minimum absolute atomic E-state index is 1.01. The fraction of sp³-hybridized carbons (Fsp3) is 1.00. The van der Waals surface area contributed by atoms with Crippen LogP contribution in [0.25, 0.3) is 0 Å². The first-order chi connectivity index (χ1) is 8.56. The highest BCUT2D eigenvalue weighted by Gasteiger charge is 2.76. The summed E-state index contributed by atoms with van der Waals surface area (Å²) in [4.78, 5) is 0. The van der Waals surface area contributed by atoms with Crippen molar-refractivity contribution in [3.63, 3.8) is 0 Å². The Kier molecular flexibility index (Phi) is 4.90. The maximum atomic E-state index is 3.90. The van der Waals surface area contributed by atoms with Gasteiger partial charge in [-0.25, -0.2) is 0 Å². The summed E-state index contributed by atoms with van der Waals surface area (Å²) in [5, 5.41) is 0. The molecule has 1 heterocycles. The van der Waals surface area contributed by atoms with Crippen molar-refractivity contribution in [2.45, 2.75) is 84.1 Å². The van der Waals surface area contributed by atoms with Gasteiger partial charge in [0.15, 0.2) is 0 Å². The Balaban J connectivity index is 3.73. The highest BCUT2D eigenvalue weighted by atomic mass is 30.2. The van der Waals surface area contributed by atoms with Crippen molar-refractivity contribution >= 4 is 52.9 Å². The molecule has 0 aliphatic carbocycles. The van der Waals surface area contributed by atoms with Crippen LogP contribution in [0.1, 0.15) is 0 Å². The van der Waals surface area contributed by atoms with Crippen LogP contribution >= 0.6 is 0 Å². The molecule has 0 unspecified atom stereocenters. The molecule has 0 spiro atoms. The van der Waals surface area contributed by atoms with Gasteiger partial charge >= 0.3 is 0 Å². The summed E-state index contributed by atoms with van der Waals surface area (Å²) in [7, 11) is -2.33. The van der Waals surface area contributed by atoms with Gasteiger partial charge in [-0.15, -0.1) is 0 Å². The Bertz CT molecular complexity index is 366. The molecule has 0 nitrogen and oxygen atoms in total. The lowest BCUT2D eigenvalue weighted by atomic mass is 11.0. The molecule has 0 aromatic rings. The third-order valence-electron chi connectivity index (χ3n) is 9.63. The van der Waals surface area contributed by atoms with Crippen molar-refractivity contribution in [3.05, 3.63) is 0 Å². The summed E-state index contributed by atoms with van der Waals surface area (Å²) in [6, 6.07) is 2.85. The van der Waals surface area contributed by atoms with Crippen molar-refractivity contribution in [2.75, 3.05) is 0 Å². The minimum atomic E-state index is -1.06. The van der Waals surface area contributed by atoms with Gasteiger partial charge in [0, 0.05) is 52.9 Å². The molecule has 0 N–H and O–H groups in total. The van der Waals surface area contributed by atoms with E-state index in [9.17, 15) is 0 Å². The van der Waals surface area contributed by atoms with Gasteiger partial charge in [0.05, 0.1) is 0 Å². The number of rotatable bonds is 2. The highest BCUT2D eigenvalue weighted by Crippen LogP contribution is 2.52. The maximum Gasteiger partial charge on any atom is 0.0334 e. The summed E-state index contributed by atoms with van der Waals surface area (Å²) in [6.07, 6.45) is 0. The molecular weight excluding hydrogens is 353 g/mol. The normalized spacial score (nSPS) is 31.8. The van der Waals surface area contributed by atoms with Crippen molar-refractivity contribution in [3.8, 4) is 0 Å². The second-order valence-electron chi connectivity index (χ2n) is 9.96. The molecule has 0 aromatic heterocycles. The van der Waals surface area contributed by atoms with Gasteiger partial charge in [-0.1, -0.05) is 84.1 Å². The van der Waals surface area contributed by atoms with E-state index >= 15 is 0 Å². The first-order valence-electron chi connectivity index (χ1n) is 8.21. The van der Waals surface area contributed by atoms with Crippen LogP contribution in [0.15, 0.2) is 0 Å². The maximum absolute atomic E-state index is 3.90. The van der Waals surface area contributed by atoms with Crippen molar-refractivity contribution in [1.29, 1.82) is 0 Å². The van der Waals surface area contributed by atoms with Gasteiger partial charge in [-0.3, -0.25) is 0 Å². The Morgan fingerprint density at radius 2 is 0.750 bits per heavy atom. The van der Waals surface area contributed by atoms with Gasteiger partial charge in [0.25, 0.3) is 0 Å². The average molecular weight is 390 g/mol. The molecule has 20 heavy (non-hydrogen) atoms. The topological polar surface area (TPSA) is 0 Å². The van der Waals surface area contributed by atoms with Crippen LogP contribution in [0, 0.1) is 0 Å². The molecule has 1 fully saturated rings. The minimum Gasteiger partial charge on any atom is -0.0735 e. The second-order valence-corrected chi connectivity index (χ2v) is 83.0. The zero-order chi connectivity index (χ0) is 16.4. The molecule has 0 aromatic carbocycles. The molecule has 1 aliphatic heterocycles. The third kappa shape index (κ3) is 1.89. The van der Waals surface area contributed by atoms with Gasteiger partial charge in [0.2, 0.25) is 0 Å². The Hall–Kier alpha value is 1.52. The fourth-order valence-electron chi connectivity index (χ4n) is 5.38. The predicted octanol–water partition coefficient (Wildman–Crippen LogP) is 4.68. The summed E-state index contributed by atoms with van der Waals surface area (Å²) in [5.74, 6) is 0. The molecule has 1 rings (SSSR count). The van der Waals surface area contributed by atoms with Gasteiger partial charge in [-0.05, 0) is 0 Å². The van der Waals surface area contributed by atoms with E-state index in [1.165, 1.54) is 6.04 Å². The Labute approximate surface area is 136 Å². The second kappa shape index (κ2) is 5.01. The molecular formula is C13H37Si7. The molecule has 7 heteroatoms. The largest absolute Gasteiger partial charge is 0.0735 e. The molecule has 3 radical (unpaired) electrons. The van der Waals surface area contributed by atoms with Crippen molar-refractivity contribution in [2.24, 2.45) is 0 Å². The molecule has 0 atom stereocenters. The predicted molar refractivity (Wildman–Crippen MR) is 114 cm³/mol. The fourth-order valence-corrected chi connectivity index (χ4v) is 254. The van der Waals surface area contributed by atoms with Crippen LogP contribution in [0.3, 0.4) is 0 Å². The van der Waals surface area contributed by atoms with Crippen molar-refractivity contribution in [1.82, 2.24) is 0 Å². The van der Waals surface area contributed by atoms with Gasteiger partial charge in [-0.2, -0.15) is 0 Å². The summed E-state index contributed by atoms with van der Waals surface area (Å²) in [6.45, 7) is 31.4. The molecule has 0 bridgehead atoms. The van der Waals surface area contributed by atoms with E-state index < -0.39 is 42.7 Å². The lowest BCUT2D eigenvalue weighted by Crippen LogP contribution is -3.01. The van der Waals surface area contributed by atoms with E-state index in [0.29, 0.717) is 0 Å². The SMILES string of the molecule is C[Si]1(C)[Si](C)(C)[Si](C)(C)[Si](C)(CC[Si])[Si](C)(C)[Si]1(C)C. The average Bonchev–Trinajstić information content (AvgIpc) is 2.26. The first kappa shape index (κ1) is 19.6. The van der Waals surface area contributed by atoms with E-state index in [-0.39, 0.29) is 0 Å². The van der Waals surface area contributed by atoms with Crippen LogP contribution in [0.5, 0.6) is 0 Å². The summed E-state index contributed by atoms with van der Waals surface area (Å²) < 4.78 is 0. The van der Waals surface area contributed by atoms with E-state index in [1.807, 2.05) is 0 Å². The quantitative estimate of drug-likeness (QED) is 0.601. The zero-order valence-corrected chi connectivity index (χ0v) is 22.9. The highest BCUT2D eigenvalue weighted by molar-refractivity contribution is 8.13. The molecule has 1 saturated heterocycles. The summed E-state index contributed by atoms with van der Waals surface area (Å²) in [5.41, 5.74) is 0. The van der Waals surface area contributed by atoms with Crippen LogP contribution < -0.4 is 0 Å². The zero-order valence-electron chi connectivity index (χ0n) is 15.9. The van der Waals surface area contributed by atoms with E-state index in [4.69, 9.17) is 0 Å². The van der Waals surface area contributed by atoms with Gasteiger partial charge < -0.3 is 0 Å². The molecule has 1 aliphatic rings. The van der Waals surface area contributed by atoms with Crippen molar-refractivity contribution < 1.29 is 0 Å². The van der Waals surface area contributed by atoms with E-state index in [1.54, 1.807) is 6.04 Å². The Morgan fingerprint density at radius 1 is 0.500 bits per heavy atom. The molecule has 0 saturated carbocycles. The van der Waals surface area contributed by atoms with E-state index in [0.717, 1.165) is 0 Å². The lowest BCUT2D eigenvalue weighted by Gasteiger charge is -2.73. The first-order valence-corrected chi connectivity index (χ1v) is 32.6. The molecule has 0 amide bonds. The van der Waals surface area contributed by atoms with Crippen LogP contribution in [-0.4, -0.2) is 52.9 Å². The summed E-state index contributed by atoms with van der Waals surface area (Å²) >= 11 is 0. The smallest absolute Gasteiger partial charge is 0.0334 e. The third-order valence-corrected chi connectivity index (χ3v) is 165. The van der Waals surface area contributed by atoms with E-state index in [2.05, 4.69) is 82.3 Å². The van der Waals surface area contributed by atoms with Crippen LogP contribution in [0.4, 0.5) is 0 Å². The molecule has 117 valence electrons. The van der Waals surface area contributed by atoms with Crippen LogP contribution in [0.2, 0.25) is 84.1 Å². The van der Waals surface area contributed by atoms with Crippen LogP contribution in [-0.2, 0) is 0 Å².